The largest absolute Gasteiger partial charge is 0.490 e. The molecule has 140 valence electrons. The topological polar surface area (TPSA) is 64.6 Å². The number of rotatable bonds is 6. The van der Waals surface area contributed by atoms with Gasteiger partial charge in [-0.15, -0.1) is 0 Å². The first-order valence-corrected chi connectivity index (χ1v) is 9.48. The Balaban J connectivity index is 1.66. The van der Waals surface area contributed by atoms with Crippen LogP contribution in [0.25, 0.3) is 6.08 Å². The van der Waals surface area contributed by atoms with Gasteiger partial charge in [-0.2, -0.15) is 0 Å². The molecular formula is C20H18ClNO4S. The van der Waals surface area contributed by atoms with Crippen molar-refractivity contribution in [1.82, 2.24) is 5.32 Å². The molecule has 0 aliphatic carbocycles. The van der Waals surface area contributed by atoms with Crippen molar-refractivity contribution in [3.63, 3.8) is 0 Å². The van der Waals surface area contributed by atoms with Crippen LogP contribution in [0, 0.1) is 13.8 Å². The third-order valence-corrected chi connectivity index (χ3v) is 4.75. The van der Waals surface area contributed by atoms with Gasteiger partial charge in [-0.05, 0) is 73.1 Å². The molecule has 0 spiro atoms. The van der Waals surface area contributed by atoms with Crippen molar-refractivity contribution in [3.8, 4) is 11.5 Å². The molecule has 0 unspecified atom stereocenters. The van der Waals surface area contributed by atoms with Crippen LogP contribution in [0.1, 0.15) is 16.7 Å². The Labute approximate surface area is 166 Å². The molecule has 0 atom stereocenters. The van der Waals surface area contributed by atoms with E-state index in [2.05, 4.69) is 11.4 Å². The Hall–Kier alpha value is -2.44. The van der Waals surface area contributed by atoms with Crippen LogP contribution in [0.3, 0.4) is 0 Å². The minimum Gasteiger partial charge on any atom is -0.490 e. The molecule has 3 rings (SSSR count). The molecule has 1 aliphatic heterocycles. The van der Waals surface area contributed by atoms with Gasteiger partial charge in [0.25, 0.3) is 11.1 Å². The summed E-state index contributed by atoms with van der Waals surface area (Å²) >= 11 is 6.90. The third-order valence-electron chi connectivity index (χ3n) is 3.71. The molecule has 7 heteroatoms. The lowest BCUT2D eigenvalue weighted by Gasteiger charge is -2.12. The summed E-state index contributed by atoms with van der Waals surface area (Å²) in [4.78, 5) is 23.4. The fourth-order valence-corrected chi connectivity index (χ4v) is 3.51. The standard InChI is InChI=1S/C20H18ClNO4S/c1-12-7-13(2)9-16(8-12)25-5-6-26-17-4-3-15(21)10-14(17)11-18-19(23)22-20(24)27-18/h3-4,7-11H,5-6H2,1-2H3,(H,22,23,24)/b18-11-. The first kappa shape index (κ1) is 19.3. The highest BCUT2D eigenvalue weighted by molar-refractivity contribution is 8.18. The van der Waals surface area contributed by atoms with Crippen LogP contribution >= 0.6 is 23.4 Å². The minimum atomic E-state index is -0.422. The van der Waals surface area contributed by atoms with E-state index in [1.54, 1.807) is 24.3 Å². The Morgan fingerprint density at radius 3 is 2.41 bits per heavy atom. The normalized spacial score (nSPS) is 15.1. The van der Waals surface area contributed by atoms with Gasteiger partial charge in [-0.25, -0.2) is 0 Å². The van der Waals surface area contributed by atoms with Gasteiger partial charge >= 0.3 is 0 Å². The summed E-state index contributed by atoms with van der Waals surface area (Å²) in [6, 6.07) is 11.1. The number of hydrogen-bond acceptors (Lipinski definition) is 5. The Morgan fingerprint density at radius 1 is 1.04 bits per heavy atom. The second kappa shape index (κ2) is 8.50. The molecule has 0 bridgehead atoms. The van der Waals surface area contributed by atoms with E-state index in [0.29, 0.717) is 34.5 Å². The van der Waals surface area contributed by atoms with E-state index in [1.807, 2.05) is 26.0 Å². The number of carbonyl (C=O) groups excluding carboxylic acids is 2. The van der Waals surface area contributed by atoms with E-state index in [4.69, 9.17) is 21.1 Å². The Bertz CT molecular complexity index is 906. The number of amides is 2. The number of halogens is 1. The average Bonchev–Trinajstić information content (AvgIpc) is 2.89. The predicted octanol–water partition coefficient (Wildman–Crippen LogP) is 4.74. The Morgan fingerprint density at radius 2 is 1.74 bits per heavy atom. The van der Waals surface area contributed by atoms with Crippen molar-refractivity contribution >= 4 is 40.6 Å². The summed E-state index contributed by atoms with van der Waals surface area (Å²) in [5.74, 6) is 0.935. The lowest BCUT2D eigenvalue weighted by atomic mass is 10.1. The first-order valence-electron chi connectivity index (χ1n) is 8.29. The predicted molar refractivity (Wildman–Crippen MR) is 107 cm³/mol. The van der Waals surface area contributed by atoms with E-state index < -0.39 is 11.1 Å². The van der Waals surface area contributed by atoms with E-state index in [1.165, 1.54) is 0 Å². The first-order chi connectivity index (χ1) is 12.9. The molecule has 1 N–H and O–H groups in total. The second-order valence-electron chi connectivity index (χ2n) is 6.05. The summed E-state index contributed by atoms with van der Waals surface area (Å²) in [5, 5.41) is 2.34. The van der Waals surface area contributed by atoms with Gasteiger partial charge in [0.1, 0.15) is 24.7 Å². The smallest absolute Gasteiger partial charge is 0.290 e. The second-order valence-corrected chi connectivity index (χ2v) is 7.51. The van der Waals surface area contributed by atoms with Crippen molar-refractivity contribution in [3.05, 3.63) is 63.0 Å². The number of nitrogens with one attached hydrogen (secondary N) is 1. The van der Waals surface area contributed by atoms with Gasteiger partial charge in [-0.1, -0.05) is 17.7 Å². The number of benzene rings is 2. The molecule has 1 saturated heterocycles. The molecule has 27 heavy (non-hydrogen) atoms. The summed E-state index contributed by atoms with van der Waals surface area (Å²) in [6.07, 6.45) is 1.59. The third kappa shape index (κ3) is 5.28. The zero-order valence-corrected chi connectivity index (χ0v) is 16.4. The zero-order chi connectivity index (χ0) is 19.4. The quantitative estimate of drug-likeness (QED) is 0.557. The molecule has 1 aliphatic rings. The summed E-state index contributed by atoms with van der Waals surface area (Å²) in [7, 11) is 0. The van der Waals surface area contributed by atoms with Gasteiger partial charge in [0, 0.05) is 10.6 Å². The van der Waals surface area contributed by atoms with E-state index in [9.17, 15) is 9.59 Å². The van der Waals surface area contributed by atoms with Crippen LogP contribution in [0.2, 0.25) is 5.02 Å². The van der Waals surface area contributed by atoms with Crippen molar-refractivity contribution < 1.29 is 19.1 Å². The lowest BCUT2D eigenvalue weighted by molar-refractivity contribution is -0.115. The molecule has 0 saturated carbocycles. The zero-order valence-electron chi connectivity index (χ0n) is 14.9. The summed E-state index contributed by atoms with van der Waals surface area (Å²) in [5.41, 5.74) is 2.90. The number of imide groups is 1. The molecule has 1 fully saturated rings. The van der Waals surface area contributed by atoms with Gasteiger partial charge < -0.3 is 9.47 Å². The molecule has 0 aromatic heterocycles. The molecule has 0 radical (unpaired) electrons. The molecule has 2 aromatic carbocycles. The fourth-order valence-electron chi connectivity index (χ4n) is 2.65. The van der Waals surface area contributed by atoms with Crippen LogP contribution in [-0.2, 0) is 4.79 Å². The number of carbonyl (C=O) groups is 2. The maximum atomic E-state index is 11.7. The molecule has 1 heterocycles. The van der Waals surface area contributed by atoms with Crippen molar-refractivity contribution in [1.29, 1.82) is 0 Å². The highest BCUT2D eigenvalue weighted by atomic mass is 35.5. The van der Waals surface area contributed by atoms with Crippen LogP contribution in [0.5, 0.6) is 11.5 Å². The van der Waals surface area contributed by atoms with E-state index in [-0.39, 0.29) is 0 Å². The van der Waals surface area contributed by atoms with Crippen molar-refractivity contribution in [2.24, 2.45) is 0 Å². The van der Waals surface area contributed by atoms with E-state index in [0.717, 1.165) is 28.6 Å². The summed E-state index contributed by atoms with van der Waals surface area (Å²) in [6.45, 7) is 4.73. The number of hydrogen-bond donors (Lipinski definition) is 1. The highest BCUT2D eigenvalue weighted by Gasteiger charge is 2.25. The van der Waals surface area contributed by atoms with Crippen LogP contribution < -0.4 is 14.8 Å². The maximum absolute atomic E-state index is 11.7. The van der Waals surface area contributed by atoms with Gasteiger partial charge in [0.2, 0.25) is 0 Å². The molecule has 2 amide bonds. The van der Waals surface area contributed by atoms with Gasteiger partial charge in [-0.3, -0.25) is 14.9 Å². The SMILES string of the molecule is Cc1cc(C)cc(OCCOc2ccc(Cl)cc2/C=C2\SC(=O)NC2=O)c1. The van der Waals surface area contributed by atoms with Gasteiger partial charge in [0.05, 0.1) is 4.91 Å². The highest BCUT2D eigenvalue weighted by Crippen LogP contribution is 2.30. The lowest BCUT2D eigenvalue weighted by Crippen LogP contribution is -2.17. The van der Waals surface area contributed by atoms with Crippen LogP contribution in [0.15, 0.2) is 41.3 Å². The van der Waals surface area contributed by atoms with Crippen molar-refractivity contribution in [2.45, 2.75) is 13.8 Å². The monoisotopic (exact) mass is 403 g/mol. The van der Waals surface area contributed by atoms with Crippen molar-refractivity contribution in [2.75, 3.05) is 13.2 Å². The van der Waals surface area contributed by atoms with Crippen LogP contribution in [0.4, 0.5) is 4.79 Å². The fraction of sp³-hybridized carbons (Fsp3) is 0.200. The molecular weight excluding hydrogens is 386 g/mol. The number of thioether (sulfide) groups is 1. The van der Waals surface area contributed by atoms with Crippen LogP contribution in [-0.4, -0.2) is 24.4 Å². The van der Waals surface area contributed by atoms with E-state index >= 15 is 0 Å². The average molecular weight is 404 g/mol. The number of aryl methyl sites for hydroxylation is 2. The summed E-state index contributed by atoms with van der Waals surface area (Å²) < 4.78 is 11.5. The molecule has 5 nitrogen and oxygen atoms in total. The minimum absolute atomic E-state index is 0.304. The maximum Gasteiger partial charge on any atom is 0.290 e. The van der Waals surface area contributed by atoms with Gasteiger partial charge in [0.15, 0.2) is 0 Å². The Kier molecular flexibility index (Phi) is 6.08. The number of ether oxygens (including phenoxy) is 2. The molecule has 2 aromatic rings.